The van der Waals surface area contributed by atoms with Crippen molar-refractivity contribution in [3.8, 4) is 0 Å². The topological polar surface area (TPSA) is 36.9 Å². The van der Waals surface area contributed by atoms with Crippen LogP contribution >= 0.6 is 12.2 Å². The Balaban J connectivity index is 1.83. The molecule has 0 radical (unpaired) electrons. The molecule has 17 heavy (non-hydrogen) atoms. The Hall–Kier alpha value is -0.840. The van der Waals surface area contributed by atoms with Gasteiger partial charge in [0.1, 0.15) is 0 Å². The largest absolute Gasteiger partial charge is 0.341 e. The lowest BCUT2D eigenvalue weighted by Crippen LogP contribution is -2.29. The lowest BCUT2D eigenvalue weighted by atomic mass is 10.1. The van der Waals surface area contributed by atoms with E-state index in [0.29, 0.717) is 6.04 Å². The van der Waals surface area contributed by atoms with E-state index < -0.39 is 0 Å². The van der Waals surface area contributed by atoms with Crippen molar-refractivity contribution in [2.45, 2.75) is 51.0 Å². The molecular weight excluding hydrogens is 232 g/mol. The number of anilines is 1. The smallest absolute Gasteiger partial charge is 0.225 e. The summed E-state index contributed by atoms with van der Waals surface area (Å²) in [5.74, 6) is 1.08. The van der Waals surface area contributed by atoms with Gasteiger partial charge in [0.2, 0.25) is 5.95 Å². The summed E-state index contributed by atoms with van der Waals surface area (Å²) in [6, 6.07) is 0.613. The number of nitrogens with one attached hydrogen (secondary N) is 1. The van der Waals surface area contributed by atoms with Crippen LogP contribution in [0.3, 0.4) is 0 Å². The van der Waals surface area contributed by atoms with Crippen molar-refractivity contribution in [3.05, 3.63) is 4.77 Å². The minimum Gasteiger partial charge on any atom is -0.341 e. The predicted molar refractivity (Wildman–Crippen MR) is 71.0 cm³/mol. The third-order valence-corrected chi connectivity index (χ3v) is 4.02. The zero-order valence-electron chi connectivity index (χ0n) is 10.2. The fourth-order valence-corrected chi connectivity index (χ4v) is 2.91. The molecule has 1 aliphatic carbocycles. The van der Waals surface area contributed by atoms with Crippen molar-refractivity contribution in [3.63, 3.8) is 0 Å². The number of aromatic amines is 1. The van der Waals surface area contributed by atoms with Gasteiger partial charge in [-0.3, -0.25) is 4.57 Å². The van der Waals surface area contributed by atoms with E-state index in [1.54, 1.807) is 0 Å². The Morgan fingerprint density at radius 2 is 1.71 bits per heavy atom. The molecule has 5 heteroatoms. The van der Waals surface area contributed by atoms with E-state index >= 15 is 0 Å². The molecule has 1 aliphatic heterocycles. The van der Waals surface area contributed by atoms with E-state index in [1.165, 1.54) is 44.9 Å². The summed E-state index contributed by atoms with van der Waals surface area (Å²) in [4.78, 5) is 2.42. The second kappa shape index (κ2) is 4.80. The van der Waals surface area contributed by atoms with Crippen molar-refractivity contribution < 1.29 is 0 Å². The van der Waals surface area contributed by atoms with Crippen LogP contribution in [0.5, 0.6) is 0 Å². The van der Waals surface area contributed by atoms with E-state index in [1.807, 2.05) is 0 Å². The molecule has 0 bridgehead atoms. The summed E-state index contributed by atoms with van der Waals surface area (Å²) in [6.07, 6.45) is 9.18. The van der Waals surface area contributed by atoms with Crippen LogP contribution < -0.4 is 4.90 Å². The summed E-state index contributed by atoms with van der Waals surface area (Å²) < 4.78 is 3.03. The van der Waals surface area contributed by atoms with Gasteiger partial charge in [0, 0.05) is 19.1 Å². The summed E-state index contributed by atoms with van der Waals surface area (Å²) in [6.45, 7) is 2.26. The highest BCUT2D eigenvalue weighted by atomic mass is 32.1. The molecule has 0 amide bonds. The maximum absolute atomic E-state index is 5.34. The highest BCUT2D eigenvalue weighted by molar-refractivity contribution is 7.71. The predicted octanol–water partition coefficient (Wildman–Crippen LogP) is 3.05. The average molecular weight is 252 g/mol. The molecule has 0 aromatic carbocycles. The van der Waals surface area contributed by atoms with Gasteiger partial charge in [0.05, 0.1) is 0 Å². The zero-order chi connectivity index (χ0) is 11.7. The molecule has 1 aromatic heterocycles. The molecule has 2 fully saturated rings. The Morgan fingerprint density at radius 1 is 1.06 bits per heavy atom. The van der Waals surface area contributed by atoms with Gasteiger partial charge in [-0.1, -0.05) is 19.3 Å². The van der Waals surface area contributed by atoms with Crippen LogP contribution in [0.2, 0.25) is 0 Å². The monoisotopic (exact) mass is 252 g/mol. The standard InChI is InChI=1S/C12H20N4S/c17-12-14-13-11(16(12)10-6-7-10)15-8-4-2-1-3-5-9-15/h10H,1-9H2,(H,14,17). The molecule has 2 heterocycles. The Labute approximate surface area is 107 Å². The number of rotatable bonds is 2. The van der Waals surface area contributed by atoms with Crippen molar-refractivity contribution in [1.82, 2.24) is 14.8 Å². The molecule has 0 spiro atoms. The zero-order valence-corrected chi connectivity index (χ0v) is 11.0. The number of hydrogen-bond donors (Lipinski definition) is 1. The van der Waals surface area contributed by atoms with Crippen LogP contribution in [-0.4, -0.2) is 27.9 Å². The lowest BCUT2D eigenvalue weighted by Gasteiger charge is -2.25. The fraction of sp³-hybridized carbons (Fsp3) is 0.833. The second-order valence-corrected chi connectivity index (χ2v) is 5.57. The molecule has 1 N–H and O–H groups in total. The number of aromatic nitrogens is 3. The summed E-state index contributed by atoms with van der Waals surface area (Å²) in [7, 11) is 0. The van der Waals surface area contributed by atoms with Gasteiger partial charge in [-0.2, -0.15) is 0 Å². The van der Waals surface area contributed by atoms with Gasteiger partial charge in [-0.25, -0.2) is 5.10 Å². The minimum absolute atomic E-state index is 0.613. The van der Waals surface area contributed by atoms with E-state index in [4.69, 9.17) is 12.2 Å². The van der Waals surface area contributed by atoms with E-state index in [9.17, 15) is 0 Å². The van der Waals surface area contributed by atoms with Gasteiger partial charge in [-0.05, 0) is 37.9 Å². The highest BCUT2D eigenvalue weighted by Crippen LogP contribution is 2.38. The lowest BCUT2D eigenvalue weighted by molar-refractivity contribution is 0.541. The molecule has 3 rings (SSSR count). The first-order valence-electron chi connectivity index (χ1n) is 6.78. The molecule has 0 atom stereocenters. The molecule has 1 saturated carbocycles. The summed E-state index contributed by atoms with van der Waals surface area (Å²) in [5, 5.41) is 7.41. The fourth-order valence-electron chi connectivity index (χ4n) is 2.63. The summed E-state index contributed by atoms with van der Waals surface area (Å²) in [5.41, 5.74) is 0. The van der Waals surface area contributed by atoms with Gasteiger partial charge >= 0.3 is 0 Å². The van der Waals surface area contributed by atoms with Crippen LogP contribution in [0.15, 0.2) is 0 Å². The van der Waals surface area contributed by atoms with E-state index in [-0.39, 0.29) is 0 Å². The maximum atomic E-state index is 5.34. The Kier molecular flexibility index (Phi) is 3.18. The van der Waals surface area contributed by atoms with Crippen LogP contribution in [0.4, 0.5) is 5.95 Å². The Bertz CT molecular complexity index is 424. The average Bonchev–Trinajstić information content (AvgIpc) is 3.03. The third kappa shape index (κ3) is 2.39. The van der Waals surface area contributed by atoms with Crippen LogP contribution in [-0.2, 0) is 0 Å². The second-order valence-electron chi connectivity index (χ2n) is 5.18. The maximum Gasteiger partial charge on any atom is 0.225 e. The molecular formula is C12H20N4S. The normalized spacial score (nSPS) is 22.2. The van der Waals surface area contributed by atoms with Crippen molar-refractivity contribution in [2.24, 2.45) is 0 Å². The van der Waals surface area contributed by atoms with Gasteiger partial charge in [0.25, 0.3) is 0 Å². The van der Waals surface area contributed by atoms with Crippen LogP contribution in [0.1, 0.15) is 51.0 Å². The molecule has 1 aromatic rings. The Morgan fingerprint density at radius 3 is 2.35 bits per heavy atom. The molecule has 4 nitrogen and oxygen atoms in total. The van der Waals surface area contributed by atoms with E-state index in [2.05, 4.69) is 19.7 Å². The van der Waals surface area contributed by atoms with Crippen molar-refractivity contribution in [2.75, 3.05) is 18.0 Å². The molecule has 0 unspecified atom stereocenters. The quantitative estimate of drug-likeness (QED) is 0.822. The number of nitrogens with zero attached hydrogens (tertiary/aromatic N) is 3. The first-order chi connectivity index (χ1) is 8.36. The number of H-pyrrole nitrogens is 1. The van der Waals surface area contributed by atoms with Gasteiger partial charge in [0.15, 0.2) is 4.77 Å². The molecule has 94 valence electrons. The first kappa shape index (κ1) is 11.3. The minimum atomic E-state index is 0.613. The first-order valence-corrected chi connectivity index (χ1v) is 7.19. The van der Waals surface area contributed by atoms with Crippen LogP contribution in [0, 0.1) is 4.77 Å². The third-order valence-electron chi connectivity index (χ3n) is 3.74. The molecule has 2 aliphatic rings. The van der Waals surface area contributed by atoms with E-state index in [0.717, 1.165) is 23.8 Å². The van der Waals surface area contributed by atoms with Crippen LogP contribution in [0.25, 0.3) is 0 Å². The SMILES string of the molecule is S=c1[nH]nc(N2CCCCCCC2)n1C1CC1. The van der Waals surface area contributed by atoms with Gasteiger partial charge < -0.3 is 4.90 Å². The van der Waals surface area contributed by atoms with Gasteiger partial charge in [-0.15, -0.1) is 5.10 Å². The molecule has 1 saturated heterocycles. The summed E-state index contributed by atoms with van der Waals surface area (Å²) >= 11 is 5.34. The number of hydrogen-bond acceptors (Lipinski definition) is 3. The van der Waals surface area contributed by atoms with Crippen molar-refractivity contribution in [1.29, 1.82) is 0 Å². The highest BCUT2D eigenvalue weighted by Gasteiger charge is 2.29. The van der Waals surface area contributed by atoms with Crippen molar-refractivity contribution >= 4 is 18.2 Å².